The van der Waals surface area contributed by atoms with Crippen LogP contribution in [-0.4, -0.2) is 26.5 Å². The zero-order valence-electron chi connectivity index (χ0n) is 9.90. The van der Waals surface area contributed by atoms with Crippen LogP contribution in [0.4, 0.5) is 17.6 Å². The largest absolute Gasteiger partial charge is 0.534 e. The molecular formula is C10H8F4O5S. The van der Waals surface area contributed by atoms with Crippen LogP contribution in [0.3, 0.4) is 0 Å². The smallest absolute Gasteiger partial charge is 0.462 e. The molecule has 0 saturated carbocycles. The van der Waals surface area contributed by atoms with Crippen molar-refractivity contribution in [2.45, 2.75) is 12.4 Å². The Morgan fingerprint density at radius 3 is 2.35 bits per heavy atom. The zero-order chi connectivity index (χ0) is 15.6. The maximum atomic E-state index is 13.4. The topological polar surface area (TPSA) is 69.7 Å². The Morgan fingerprint density at radius 1 is 1.30 bits per heavy atom. The van der Waals surface area contributed by atoms with E-state index >= 15 is 0 Å². The van der Waals surface area contributed by atoms with Crippen LogP contribution in [0.25, 0.3) is 0 Å². The summed E-state index contributed by atoms with van der Waals surface area (Å²) in [6.07, 6.45) is 0. The molecule has 0 fully saturated rings. The number of hydrogen-bond donors (Lipinski definition) is 0. The van der Waals surface area contributed by atoms with E-state index in [1.165, 1.54) is 6.92 Å². The first-order valence-electron chi connectivity index (χ1n) is 5.06. The van der Waals surface area contributed by atoms with E-state index in [0.717, 1.165) is 6.07 Å². The van der Waals surface area contributed by atoms with Crippen molar-refractivity contribution in [2.24, 2.45) is 0 Å². The molecule has 0 heterocycles. The summed E-state index contributed by atoms with van der Waals surface area (Å²) in [6, 6.07) is 1.98. The third kappa shape index (κ3) is 3.59. The first-order chi connectivity index (χ1) is 9.08. The molecule has 0 spiro atoms. The van der Waals surface area contributed by atoms with Crippen molar-refractivity contribution in [3.05, 3.63) is 29.6 Å². The quantitative estimate of drug-likeness (QED) is 0.369. The average Bonchev–Trinajstić information content (AvgIpc) is 2.30. The Morgan fingerprint density at radius 2 is 1.90 bits per heavy atom. The monoisotopic (exact) mass is 316 g/mol. The molecule has 0 aliphatic heterocycles. The van der Waals surface area contributed by atoms with Crippen molar-refractivity contribution in [3.8, 4) is 5.75 Å². The molecule has 0 atom stereocenters. The Kier molecular flexibility index (Phi) is 4.58. The molecule has 0 bridgehead atoms. The molecule has 0 unspecified atom stereocenters. The predicted octanol–water partition coefficient (Wildman–Crippen LogP) is 2.23. The molecule has 5 nitrogen and oxygen atoms in total. The molecule has 1 aromatic rings. The number of ether oxygens (including phenoxy) is 1. The molecule has 0 saturated heterocycles. The Bertz CT molecular complexity index is 609. The number of esters is 1. The summed E-state index contributed by atoms with van der Waals surface area (Å²) in [5.41, 5.74) is -5.97. The zero-order valence-corrected chi connectivity index (χ0v) is 10.7. The highest BCUT2D eigenvalue weighted by molar-refractivity contribution is 7.88. The van der Waals surface area contributed by atoms with Crippen molar-refractivity contribution in [1.82, 2.24) is 0 Å². The van der Waals surface area contributed by atoms with Gasteiger partial charge in [0, 0.05) is 0 Å². The number of halogens is 4. The molecule has 0 aromatic heterocycles. The SMILES string of the molecule is CCOC(=O)c1ccc(OS(=O)(=O)C(F)(F)F)c(F)c1. The van der Waals surface area contributed by atoms with Gasteiger partial charge in [0.15, 0.2) is 11.6 Å². The molecule has 112 valence electrons. The van der Waals surface area contributed by atoms with Crippen LogP contribution >= 0.6 is 0 Å². The molecule has 1 rings (SSSR count). The molecule has 1 aromatic carbocycles. The maximum absolute atomic E-state index is 13.4. The normalized spacial score (nSPS) is 12.1. The number of alkyl halides is 3. The van der Waals surface area contributed by atoms with Gasteiger partial charge in [-0.1, -0.05) is 0 Å². The van der Waals surface area contributed by atoms with Crippen LogP contribution < -0.4 is 4.18 Å². The van der Waals surface area contributed by atoms with Crippen LogP contribution in [0.2, 0.25) is 0 Å². The molecule has 0 N–H and O–H groups in total. The van der Waals surface area contributed by atoms with Crippen molar-refractivity contribution in [1.29, 1.82) is 0 Å². The lowest BCUT2D eigenvalue weighted by atomic mass is 10.2. The fourth-order valence-corrected chi connectivity index (χ4v) is 1.54. The summed E-state index contributed by atoms with van der Waals surface area (Å²) in [4.78, 5) is 11.2. The highest BCUT2D eigenvalue weighted by Gasteiger charge is 2.48. The van der Waals surface area contributed by atoms with Gasteiger partial charge in [-0.05, 0) is 25.1 Å². The maximum Gasteiger partial charge on any atom is 0.534 e. The number of hydrogen-bond acceptors (Lipinski definition) is 5. The van der Waals surface area contributed by atoms with Gasteiger partial charge in [0.05, 0.1) is 12.2 Å². The summed E-state index contributed by atoms with van der Waals surface area (Å²) < 4.78 is 79.1. The van der Waals surface area contributed by atoms with Gasteiger partial charge in [-0.15, -0.1) is 0 Å². The lowest BCUT2D eigenvalue weighted by molar-refractivity contribution is -0.0501. The first-order valence-corrected chi connectivity index (χ1v) is 6.46. The Balaban J connectivity index is 3.04. The summed E-state index contributed by atoms with van der Waals surface area (Å²) in [5, 5.41) is 0. The molecule has 0 aliphatic rings. The molecular weight excluding hydrogens is 308 g/mol. The van der Waals surface area contributed by atoms with Crippen molar-refractivity contribution in [3.63, 3.8) is 0 Å². The third-order valence-corrected chi connectivity index (χ3v) is 2.89. The lowest BCUT2D eigenvalue weighted by Crippen LogP contribution is -2.28. The van der Waals surface area contributed by atoms with Gasteiger partial charge in [0.1, 0.15) is 0 Å². The van der Waals surface area contributed by atoms with Gasteiger partial charge in [-0.3, -0.25) is 0 Å². The van der Waals surface area contributed by atoms with Crippen LogP contribution in [-0.2, 0) is 14.9 Å². The minimum Gasteiger partial charge on any atom is -0.462 e. The van der Waals surface area contributed by atoms with Crippen LogP contribution in [0, 0.1) is 5.82 Å². The second kappa shape index (κ2) is 5.65. The van der Waals surface area contributed by atoms with Crippen LogP contribution in [0.5, 0.6) is 5.75 Å². The minimum atomic E-state index is -5.97. The van der Waals surface area contributed by atoms with E-state index in [0.29, 0.717) is 12.1 Å². The summed E-state index contributed by atoms with van der Waals surface area (Å²) in [5.74, 6) is -3.52. The van der Waals surface area contributed by atoms with E-state index in [9.17, 15) is 30.8 Å². The third-order valence-electron chi connectivity index (χ3n) is 1.93. The summed E-state index contributed by atoms with van der Waals surface area (Å²) in [7, 11) is -5.97. The average molecular weight is 316 g/mol. The first kappa shape index (κ1) is 16.2. The van der Waals surface area contributed by atoms with Gasteiger partial charge in [0.25, 0.3) is 0 Å². The van der Waals surface area contributed by atoms with Crippen LogP contribution in [0.1, 0.15) is 17.3 Å². The fourth-order valence-electron chi connectivity index (χ4n) is 1.08. The second-order valence-corrected chi connectivity index (χ2v) is 4.89. The number of rotatable bonds is 4. The summed E-state index contributed by atoms with van der Waals surface area (Å²) >= 11 is 0. The minimum absolute atomic E-state index is 0.0150. The Hall–Kier alpha value is -1.84. The van der Waals surface area contributed by atoms with Crippen molar-refractivity contribution < 1.29 is 39.7 Å². The number of carbonyl (C=O) groups excluding carboxylic acids is 1. The van der Waals surface area contributed by atoms with Gasteiger partial charge < -0.3 is 8.92 Å². The van der Waals surface area contributed by atoms with E-state index < -0.39 is 33.2 Å². The molecule has 0 amide bonds. The Labute approximate surface area is 111 Å². The van der Waals surface area contributed by atoms with Crippen molar-refractivity contribution in [2.75, 3.05) is 6.61 Å². The highest BCUT2D eigenvalue weighted by Crippen LogP contribution is 2.28. The van der Waals surface area contributed by atoms with E-state index in [1.54, 1.807) is 0 Å². The number of carbonyl (C=O) groups is 1. The van der Waals surface area contributed by atoms with Gasteiger partial charge in [-0.25, -0.2) is 9.18 Å². The molecule has 0 aliphatic carbocycles. The van der Waals surface area contributed by atoms with Crippen LogP contribution in [0.15, 0.2) is 18.2 Å². The van der Waals surface area contributed by atoms with Gasteiger partial charge >= 0.3 is 21.6 Å². The molecule has 0 radical (unpaired) electrons. The molecule has 20 heavy (non-hydrogen) atoms. The summed E-state index contributed by atoms with van der Waals surface area (Å²) in [6.45, 7) is 1.52. The second-order valence-electron chi connectivity index (χ2n) is 3.35. The van der Waals surface area contributed by atoms with Gasteiger partial charge in [-0.2, -0.15) is 21.6 Å². The predicted molar refractivity (Wildman–Crippen MR) is 58.0 cm³/mol. The van der Waals surface area contributed by atoms with Gasteiger partial charge in [0.2, 0.25) is 0 Å². The standard InChI is InChI=1S/C10H8F4O5S/c1-2-18-9(15)6-3-4-8(7(11)5-6)19-20(16,17)10(12,13)14/h3-5H,2H2,1H3. The highest BCUT2D eigenvalue weighted by atomic mass is 32.2. The fraction of sp³-hybridized carbons (Fsp3) is 0.300. The lowest BCUT2D eigenvalue weighted by Gasteiger charge is -2.10. The van der Waals surface area contributed by atoms with Crippen molar-refractivity contribution >= 4 is 16.1 Å². The van der Waals surface area contributed by atoms with E-state index in [1.807, 2.05) is 0 Å². The molecule has 10 heteroatoms. The van der Waals surface area contributed by atoms with E-state index in [4.69, 9.17) is 0 Å². The number of benzene rings is 1. The van der Waals surface area contributed by atoms with E-state index in [-0.39, 0.29) is 12.2 Å². The van der Waals surface area contributed by atoms with E-state index in [2.05, 4.69) is 8.92 Å².